The number of pyridine rings is 2. The van der Waals surface area contributed by atoms with Crippen molar-refractivity contribution in [3.8, 4) is 0 Å². The molecule has 12 heteroatoms. The summed E-state index contributed by atoms with van der Waals surface area (Å²) in [5.41, 5.74) is -1.06. The van der Waals surface area contributed by atoms with E-state index in [2.05, 4.69) is 51.4 Å². The van der Waals surface area contributed by atoms with Gasteiger partial charge in [-0.15, -0.1) is 0 Å². The fourth-order valence-electron chi connectivity index (χ4n) is 2.34. The van der Waals surface area contributed by atoms with Crippen LogP contribution in [0.2, 0.25) is 24.9 Å². The SMILES string of the molecule is CC(C)(C)OC(=O)Nc1ccc(Cl)[c]([Sn]([CH3])([CH3])[CH3])n1.CC(C)(C)OC(=O)Nc1ccc(Cl)c(Br)n1. The van der Waals surface area contributed by atoms with Crippen LogP contribution in [0.15, 0.2) is 28.9 Å². The fraction of sp³-hybridized carbons (Fsp3) is 0.478. The van der Waals surface area contributed by atoms with Crippen LogP contribution in [0, 0.1) is 0 Å². The Morgan fingerprint density at radius 1 is 0.800 bits per heavy atom. The summed E-state index contributed by atoms with van der Waals surface area (Å²) in [4.78, 5) is 38.2. The van der Waals surface area contributed by atoms with Crippen LogP contribution in [0.25, 0.3) is 0 Å². The van der Waals surface area contributed by atoms with E-state index < -0.39 is 41.8 Å². The average Bonchev–Trinajstić information content (AvgIpc) is 2.63. The Hall–Kier alpha value is -1.30. The van der Waals surface area contributed by atoms with Crippen molar-refractivity contribution in [2.45, 2.75) is 67.6 Å². The van der Waals surface area contributed by atoms with Gasteiger partial charge in [0.25, 0.3) is 0 Å². The van der Waals surface area contributed by atoms with E-state index in [0.29, 0.717) is 26.3 Å². The molecule has 0 radical (unpaired) electrons. The van der Waals surface area contributed by atoms with Gasteiger partial charge in [0.05, 0.1) is 5.02 Å². The number of carbonyl (C=O) groups is 2. The maximum Gasteiger partial charge on any atom is 0.413 e. The Balaban J connectivity index is 0.000000355. The molecule has 2 aromatic heterocycles. The summed E-state index contributed by atoms with van der Waals surface area (Å²) < 4.78 is 11.7. The van der Waals surface area contributed by atoms with Crippen LogP contribution in [-0.4, -0.2) is 51.7 Å². The summed E-state index contributed by atoms with van der Waals surface area (Å²) in [7, 11) is 0. The van der Waals surface area contributed by atoms with Gasteiger partial charge in [-0.25, -0.2) is 9.78 Å². The first-order valence-electron chi connectivity index (χ1n) is 10.8. The van der Waals surface area contributed by atoms with Crippen molar-refractivity contribution in [1.29, 1.82) is 0 Å². The summed E-state index contributed by atoms with van der Waals surface area (Å²) in [6.45, 7) is 10.8. The second-order valence-electron chi connectivity index (χ2n) is 10.5. The van der Waals surface area contributed by atoms with E-state index in [9.17, 15) is 9.59 Å². The van der Waals surface area contributed by atoms with Gasteiger partial charge in [0.2, 0.25) is 0 Å². The first kappa shape index (κ1) is 31.7. The van der Waals surface area contributed by atoms with Crippen molar-refractivity contribution >= 4 is 85.0 Å². The molecule has 2 rings (SSSR count). The number of carbonyl (C=O) groups excluding carboxylic acids is 2. The molecule has 0 bridgehead atoms. The van der Waals surface area contributed by atoms with Gasteiger partial charge in [-0.2, -0.15) is 0 Å². The third-order valence-corrected chi connectivity index (χ3v) is 10.7. The molecule has 0 spiro atoms. The molecule has 0 saturated heterocycles. The summed E-state index contributed by atoms with van der Waals surface area (Å²) >= 11 is 12.7. The molecule has 0 aromatic carbocycles. The molecule has 0 aliphatic carbocycles. The molecule has 0 aliphatic heterocycles. The minimum atomic E-state index is -2.38. The van der Waals surface area contributed by atoms with Crippen LogP contribution >= 0.6 is 39.1 Å². The Kier molecular flexibility index (Phi) is 11.6. The molecule has 2 amide bonds. The largest absolute Gasteiger partial charge is 0.444 e. The third-order valence-electron chi connectivity index (χ3n) is 3.62. The van der Waals surface area contributed by atoms with Crippen molar-refractivity contribution in [2.75, 3.05) is 10.6 Å². The number of hydrogen-bond acceptors (Lipinski definition) is 6. The molecule has 8 nitrogen and oxygen atoms in total. The van der Waals surface area contributed by atoms with Crippen LogP contribution in [0.3, 0.4) is 0 Å². The molecule has 35 heavy (non-hydrogen) atoms. The van der Waals surface area contributed by atoms with Gasteiger partial charge in [0, 0.05) is 0 Å². The number of nitrogens with one attached hydrogen (secondary N) is 2. The normalized spacial score (nSPS) is 11.7. The molecule has 194 valence electrons. The van der Waals surface area contributed by atoms with Crippen molar-refractivity contribution in [3.63, 3.8) is 0 Å². The van der Waals surface area contributed by atoms with Gasteiger partial charge in [-0.05, 0) is 48.8 Å². The molecular weight excluding hydrogens is 666 g/mol. The number of hydrogen-bond donors (Lipinski definition) is 2. The Labute approximate surface area is 229 Å². The Morgan fingerprint density at radius 3 is 1.57 bits per heavy atom. The van der Waals surface area contributed by atoms with Crippen molar-refractivity contribution in [2.24, 2.45) is 0 Å². The molecular formula is C23H33BrCl2N4O4Sn. The van der Waals surface area contributed by atoms with Crippen molar-refractivity contribution < 1.29 is 19.1 Å². The first-order valence-corrected chi connectivity index (χ1v) is 22.3. The second-order valence-corrected chi connectivity index (χ2v) is 26.3. The summed E-state index contributed by atoms with van der Waals surface area (Å²) in [6.07, 6.45) is -1.05. The standard InChI is InChI=1S/C10H12BrClN2O2.C10H12ClN2O2.3CH3.Sn/c1-10(2,3)16-9(15)14-7-5-4-6(12)8(11)13-7;1-10(2,3)15-9(14)13-8-5-4-7(11)6-12-8;;;;/h4-5H,1-3H3,(H,13,14,15);4-5H,1-3H3,(H,12,13,14);3*1H3;. The number of ether oxygens (including phenoxy) is 2. The minimum Gasteiger partial charge on any atom is -0.444 e. The van der Waals surface area contributed by atoms with Crippen molar-refractivity contribution in [1.82, 2.24) is 9.97 Å². The van der Waals surface area contributed by atoms with Crippen LogP contribution in [0.1, 0.15) is 41.5 Å². The molecule has 2 heterocycles. The average molecular weight is 699 g/mol. The van der Waals surface area contributed by atoms with E-state index in [0.717, 1.165) is 3.71 Å². The topological polar surface area (TPSA) is 102 Å². The van der Waals surface area contributed by atoms with E-state index in [4.69, 9.17) is 32.7 Å². The zero-order valence-corrected chi connectivity index (χ0v) is 27.4. The minimum absolute atomic E-state index is 0.380. The van der Waals surface area contributed by atoms with Gasteiger partial charge < -0.3 is 4.74 Å². The maximum atomic E-state index is 11.7. The zero-order valence-electron chi connectivity index (χ0n) is 21.5. The third kappa shape index (κ3) is 13.0. The number of anilines is 2. The summed E-state index contributed by atoms with van der Waals surface area (Å²) in [6, 6.07) is 6.69. The van der Waals surface area contributed by atoms with Gasteiger partial charge >= 0.3 is 130 Å². The molecule has 2 aromatic rings. The van der Waals surface area contributed by atoms with E-state index in [1.165, 1.54) is 0 Å². The Bertz CT molecular complexity index is 1050. The number of aromatic nitrogens is 2. The first-order chi connectivity index (χ1) is 15.8. The van der Waals surface area contributed by atoms with Gasteiger partial charge in [-0.1, -0.05) is 11.6 Å². The second kappa shape index (κ2) is 12.8. The Morgan fingerprint density at radius 2 is 1.20 bits per heavy atom. The monoisotopic (exact) mass is 698 g/mol. The molecule has 0 unspecified atom stereocenters. The zero-order chi connectivity index (χ0) is 27.2. The van der Waals surface area contributed by atoms with Gasteiger partial charge in [-0.3, -0.25) is 5.32 Å². The van der Waals surface area contributed by atoms with Gasteiger partial charge in [0.1, 0.15) is 16.0 Å². The summed E-state index contributed by atoms with van der Waals surface area (Å²) in [5.74, 6) is 0.866. The smallest absolute Gasteiger partial charge is 0.413 e. The van der Waals surface area contributed by atoms with Crippen molar-refractivity contribution in [3.05, 3.63) is 38.9 Å². The molecule has 0 atom stereocenters. The van der Waals surface area contributed by atoms with Crippen LogP contribution < -0.4 is 14.3 Å². The predicted molar refractivity (Wildman–Crippen MR) is 149 cm³/mol. The quantitative estimate of drug-likeness (QED) is 0.255. The molecule has 0 aliphatic rings. The molecule has 0 fully saturated rings. The maximum absolute atomic E-state index is 11.7. The fourth-order valence-corrected chi connectivity index (χ4v) is 8.36. The summed E-state index contributed by atoms with van der Waals surface area (Å²) in [5, 5.41) is 6.31. The number of amides is 2. The number of rotatable bonds is 3. The van der Waals surface area contributed by atoms with Gasteiger partial charge in [0.15, 0.2) is 0 Å². The van der Waals surface area contributed by atoms with E-state index >= 15 is 0 Å². The van der Waals surface area contributed by atoms with E-state index in [-0.39, 0.29) is 0 Å². The van der Waals surface area contributed by atoms with E-state index in [1.807, 2.05) is 20.8 Å². The molecule has 0 saturated carbocycles. The number of nitrogens with zero attached hydrogens (tertiary/aromatic N) is 2. The van der Waals surface area contributed by atoms with Crippen LogP contribution in [0.5, 0.6) is 0 Å². The van der Waals surface area contributed by atoms with E-state index in [1.54, 1.807) is 45.0 Å². The van der Waals surface area contributed by atoms with Crippen LogP contribution in [-0.2, 0) is 9.47 Å². The van der Waals surface area contributed by atoms with Crippen LogP contribution in [0.4, 0.5) is 21.2 Å². The molecule has 2 N–H and O–H groups in total. The predicted octanol–water partition coefficient (Wildman–Crippen LogP) is 7.47. The number of halogens is 3.